The molecule has 0 aliphatic heterocycles. The van der Waals surface area contributed by atoms with Gasteiger partial charge in [-0.05, 0) is 74.1 Å². The Balaban J connectivity index is 0.914. The number of aromatic nitrogens is 6. The van der Waals surface area contributed by atoms with Gasteiger partial charge >= 0.3 is 0 Å². The monoisotopic (exact) mass is 968 g/mol. The average Bonchev–Trinajstić information content (AvgIpc) is 4.16. The highest BCUT2D eigenvalue weighted by molar-refractivity contribution is 6.21. The minimum atomic E-state index is 0.829. The second kappa shape index (κ2) is 17.7. The topological polar surface area (TPSA) is 60.4 Å². The van der Waals surface area contributed by atoms with Crippen molar-refractivity contribution in [3.8, 4) is 90.1 Å². The number of hydrogen-bond acceptors (Lipinski definition) is 4. The first-order valence-corrected chi connectivity index (χ1v) is 25.7. The molecule has 6 nitrogen and oxygen atoms in total. The summed E-state index contributed by atoms with van der Waals surface area (Å²) >= 11 is 0. The molecular weight excluding hydrogens is 925 g/mol. The summed E-state index contributed by atoms with van der Waals surface area (Å²) in [5.41, 5.74) is 18.2. The molecule has 4 aromatic heterocycles. The van der Waals surface area contributed by atoms with Gasteiger partial charge < -0.3 is 0 Å². The summed E-state index contributed by atoms with van der Waals surface area (Å²) in [6.07, 6.45) is 0. The molecule has 0 unspecified atom stereocenters. The number of hydrogen-bond donors (Lipinski definition) is 0. The summed E-state index contributed by atoms with van der Waals surface area (Å²) in [5.74, 6) is 1.66. The summed E-state index contributed by atoms with van der Waals surface area (Å²) in [5, 5.41) is 6.70. The molecule has 354 valence electrons. The van der Waals surface area contributed by atoms with Gasteiger partial charge in [-0.15, -0.1) is 0 Å². The first-order valence-electron chi connectivity index (χ1n) is 25.7. The van der Waals surface area contributed by atoms with Crippen LogP contribution in [0.2, 0.25) is 0 Å². The summed E-state index contributed by atoms with van der Waals surface area (Å²) in [4.78, 5) is 21.8. The predicted molar refractivity (Wildman–Crippen MR) is 313 cm³/mol. The van der Waals surface area contributed by atoms with Gasteiger partial charge in [-0.1, -0.05) is 237 Å². The third kappa shape index (κ3) is 6.96. The number of fused-ring (bicyclic) bond motifs is 8. The van der Waals surface area contributed by atoms with E-state index in [0.717, 1.165) is 112 Å². The highest BCUT2D eigenvalue weighted by Crippen LogP contribution is 2.46. The minimum Gasteiger partial charge on any atom is -0.275 e. The van der Waals surface area contributed by atoms with Crippen LogP contribution >= 0.6 is 0 Å². The zero-order valence-electron chi connectivity index (χ0n) is 41.1. The smallest absolute Gasteiger partial charge is 0.149 e. The molecule has 4 heterocycles. The lowest BCUT2D eigenvalue weighted by molar-refractivity contribution is 1.13. The van der Waals surface area contributed by atoms with Crippen molar-refractivity contribution in [2.24, 2.45) is 0 Å². The Labute approximate surface area is 438 Å². The van der Waals surface area contributed by atoms with E-state index in [1.807, 2.05) is 0 Å². The summed E-state index contributed by atoms with van der Waals surface area (Å²) in [6, 6.07) is 94.4. The van der Waals surface area contributed by atoms with E-state index in [0.29, 0.717) is 0 Å². The molecule has 11 aromatic carbocycles. The van der Waals surface area contributed by atoms with Crippen LogP contribution in [0.5, 0.6) is 0 Å². The van der Waals surface area contributed by atoms with Gasteiger partial charge in [0.05, 0.1) is 33.8 Å². The first kappa shape index (κ1) is 43.3. The zero-order chi connectivity index (χ0) is 50.1. The van der Waals surface area contributed by atoms with E-state index >= 15 is 0 Å². The fraction of sp³-hybridized carbons (Fsp3) is 0. The number of nitrogens with zero attached hydrogens (tertiary/aromatic N) is 6. The summed E-state index contributed by atoms with van der Waals surface area (Å²) < 4.78 is 4.54. The van der Waals surface area contributed by atoms with E-state index in [2.05, 4.69) is 276 Å². The highest BCUT2D eigenvalue weighted by Gasteiger charge is 2.25. The van der Waals surface area contributed by atoms with Gasteiger partial charge in [0.15, 0.2) is 0 Å². The molecule has 0 saturated carbocycles. The molecule has 0 saturated heterocycles. The summed E-state index contributed by atoms with van der Waals surface area (Å²) in [6.45, 7) is 0. The van der Waals surface area contributed by atoms with Crippen molar-refractivity contribution in [1.29, 1.82) is 0 Å². The zero-order valence-corrected chi connectivity index (χ0v) is 41.1. The van der Waals surface area contributed by atoms with Gasteiger partial charge in [0, 0.05) is 44.2 Å². The van der Waals surface area contributed by atoms with Gasteiger partial charge in [0.1, 0.15) is 22.9 Å². The van der Waals surface area contributed by atoms with Gasteiger partial charge in [0.2, 0.25) is 0 Å². The van der Waals surface area contributed by atoms with Crippen LogP contribution < -0.4 is 0 Å². The van der Waals surface area contributed by atoms with Crippen LogP contribution in [0.25, 0.3) is 145 Å². The Morgan fingerprint density at radius 3 is 1.00 bits per heavy atom. The van der Waals surface area contributed by atoms with Crippen LogP contribution in [0.15, 0.2) is 267 Å². The molecule has 15 aromatic rings. The quantitative estimate of drug-likeness (QED) is 0.142. The molecule has 0 fully saturated rings. The fourth-order valence-corrected chi connectivity index (χ4v) is 11.5. The second-order valence-corrected chi connectivity index (χ2v) is 19.3. The van der Waals surface area contributed by atoms with Crippen LogP contribution in [0.3, 0.4) is 0 Å². The SMILES string of the molecule is c1ccc(-c2nc3c4ccccc4nc(-c4ccc(-c5c6ccccc6c(-c6cccc(-c7nc8ccccc8c8nc(-c9ccccc9)c(-c9ccccc9)n78)c6)c6ccccc56)cc4)n3c2-c2ccccc2)cc1. The average molecular weight is 969 g/mol. The number of rotatable bonds is 8. The Morgan fingerprint density at radius 2 is 0.553 bits per heavy atom. The van der Waals surface area contributed by atoms with Gasteiger partial charge in [0.25, 0.3) is 0 Å². The van der Waals surface area contributed by atoms with Crippen LogP contribution in [0, 0.1) is 0 Å². The number of imidazole rings is 2. The highest BCUT2D eigenvalue weighted by atomic mass is 15.1. The molecule has 0 amide bonds. The molecule has 0 bridgehead atoms. The predicted octanol–water partition coefficient (Wildman–Crippen LogP) is 17.7. The van der Waals surface area contributed by atoms with Gasteiger partial charge in [-0.25, -0.2) is 19.9 Å². The van der Waals surface area contributed by atoms with Crippen LogP contribution in [0.4, 0.5) is 0 Å². The molecule has 0 spiro atoms. The van der Waals surface area contributed by atoms with E-state index in [9.17, 15) is 0 Å². The Bertz CT molecular complexity index is 4660. The molecular formula is C70H44N6. The van der Waals surface area contributed by atoms with Crippen molar-refractivity contribution < 1.29 is 0 Å². The van der Waals surface area contributed by atoms with Gasteiger partial charge in [-0.3, -0.25) is 8.80 Å². The maximum Gasteiger partial charge on any atom is 0.149 e. The van der Waals surface area contributed by atoms with E-state index in [1.54, 1.807) is 0 Å². The van der Waals surface area contributed by atoms with Crippen LogP contribution in [-0.2, 0) is 0 Å². The number of para-hydroxylation sites is 2. The Hall–Kier alpha value is -10.3. The Kier molecular flexibility index (Phi) is 10.1. The Morgan fingerprint density at radius 1 is 0.224 bits per heavy atom. The lowest BCUT2D eigenvalue weighted by atomic mass is 9.85. The molecule has 0 radical (unpaired) electrons. The normalized spacial score (nSPS) is 11.7. The lowest BCUT2D eigenvalue weighted by Gasteiger charge is -2.19. The van der Waals surface area contributed by atoms with Crippen LogP contribution in [0.1, 0.15) is 0 Å². The molecule has 0 atom stereocenters. The van der Waals surface area contributed by atoms with Crippen molar-refractivity contribution in [3.05, 3.63) is 267 Å². The fourth-order valence-electron chi connectivity index (χ4n) is 11.5. The van der Waals surface area contributed by atoms with Crippen molar-refractivity contribution in [2.45, 2.75) is 0 Å². The van der Waals surface area contributed by atoms with Crippen LogP contribution in [-0.4, -0.2) is 28.7 Å². The largest absolute Gasteiger partial charge is 0.275 e. The van der Waals surface area contributed by atoms with Gasteiger partial charge in [-0.2, -0.15) is 0 Å². The third-order valence-corrected chi connectivity index (χ3v) is 14.9. The van der Waals surface area contributed by atoms with E-state index in [4.69, 9.17) is 19.9 Å². The standard InChI is InChI=1S/C70H44N6/c1-5-22-46(23-6-1)63-65(48-26-9-3-10-27-48)75-67(71-59-38-19-17-36-57(59)69(75)73-63)50-42-40-45(41-43-50)61-53-32-13-15-34-55(53)62(56-35-16-14-33-54(56)61)51-30-21-31-52(44-51)68-72-60-39-20-18-37-58(60)70-74-64(47-24-7-2-8-25-47)66(76(68)70)49-28-11-4-12-29-49/h1-44H. The van der Waals surface area contributed by atoms with Crippen molar-refractivity contribution >= 4 is 54.6 Å². The van der Waals surface area contributed by atoms with Crippen molar-refractivity contribution in [2.75, 3.05) is 0 Å². The second-order valence-electron chi connectivity index (χ2n) is 19.3. The lowest BCUT2D eigenvalue weighted by Crippen LogP contribution is -2.00. The van der Waals surface area contributed by atoms with Crippen molar-refractivity contribution in [1.82, 2.24) is 28.7 Å². The molecule has 0 aliphatic carbocycles. The molecule has 0 aliphatic rings. The number of benzene rings is 11. The third-order valence-electron chi connectivity index (χ3n) is 14.9. The first-order chi connectivity index (χ1) is 37.7. The summed E-state index contributed by atoms with van der Waals surface area (Å²) in [7, 11) is 0. The van der Waals surface area contributed by atoms with E-state index < -0.39 is 0 Å². The van der Waals surface area contributed by atoms with Crippen molar-refractivity contribution in [3.63, 3.8) is 0 Å². The molecule has 0 N–H and O–H groups in total. The maximum atomic E-state index is 5.49. The maximum absolute atomic E-state index is 5.49. The van der Waals surface area contributed by atoms with E-state index in [-0.39, 0.29) is 0 Å². The van der Waals surface area contributed by atoms with E-state index in [1.165, 1.54) is 32.7 Å². The minimum absolute atomic E-state index is 0.829. The molecule has 76 heavy (non-hydrogen) atoms. The molecule has 15 rings (SSSR count). The molecule has 6 heteroatoms.